The molecule has 0 N–H and O–H groups in total. The summed E-state index contributed by atoms with van der Waals surface area (Å²) in [5, 5.41) is 8.86. The van der Waals surface area contributed by atoms with Gasteiger partial charge < -0.3 is 4.90 Å². The normalized spacial score (nSPS) is 24.1. The Morgan fingerprint density at radius 2 is 1.78 bits per heavy atom. The van der Waals surface area contributed by atoms with Crippen LogP contribution in [0.1, 0.15) is 43.7 Å². The molecule has 1 saturated carbocycles. The zero-order valence-electron chi connectivity index (χ0n) is 11.7. The summed E-state index contributed by atoms with van der Waals surface area (Å²) in [7, 11) is 2.14. The Morgan fingerprint density at radius 3 is 2.44 bits per heavy atom. The van der Waals surface area contributed by atoms with E-state index in [0.29, 0.717) is 11.2 Å². The molecule has 4 heteroatoms. The molecule has 0 spiro atoms. The number of aromatic nitrogens is 2. The maximum Gasteiger partial charge on any atom is 0.155 e. The molecule has 0 aromatic carbocycles. The fraction of sp³-hybridized carbons (Fsp3) is 0.714. The molecule has 1 fully saturated rings. The maximum atomic E-state index is 6.01. The van der Waals surface area contributed by atoms with Crippen molar-refractivity contribution < 1.29 is 0 Å². The van der Waals surface area contributed by atoms with Crippen LogP contribution in [0, 0.1) is 19.8 Å². The number of rotatable bonds is 2. The third-order valence-corrected chi connectivity index (χ3v) is 4.70. The van der Waals surface area contributed by atoms with Gasteiger partial charge in [0.25, 0.3) is 0 Å². The highest BCUT2D eigenvalue weighted by atomic mass is 35.5. The van der Waals surface area contributed by atoms with Gasteiger partial charge in [0.1, 0.15) is 0 Å². The number of anilines is 1. The van der Waals surface area contributed by atoms with Gasteiger partial charge in [0.15, 0.2) is 11.0 Å². The summed E-state index contributed by atoms with van der Waals surface area (Å²) in [6.45, 7) is 6.43. The topological polar surface area (TPSA) is 29.0 Å². The van der Waals surface area contributed by atoms with Crippen molar-refractivity contribution in [3.8, 4) is 0 Å². The van der Waals surface area contributed by atoms with Gasteiger partial charge >= 0.3 is 0 Å². The van der Waals surface area contributed by atoms with Gasteiger partial charge in [-0.25, -0.2) is 0 Å². The van der Waals surface area contributed by atoms with Gasteiger partial charge in [-0.05, 0) is 43.7 Å². The maximum absolute atomic E-state index is 6.01. The second-order valence-corrected chi connectivity index (χ2v) is 5.86. The zero-order chi connectivity index (χ0) is 13.3. The van der Waals surface area contributed by atoms with E-state index in [9.17, 15) is 0 Å². The smallest absolute Gasteiger partial charge is 0.155 e. The summed E-state index contributed by atoms with van der Waals surface area (Å²) < 4.78 is 0. The van der Waals surface area contributed by atoms with Crippen LogP contribution in [0.15, 0.2) is 0 Å². The lowest BCUT2D eigenvalue weighted by Crippen LogP contribution is -2.40. The molecule has 1 heterocycles. The molecule has 18 heavy (non-hydrogen) atoms. The molecule has 1 aromatic rings. The lowest BCUT2D eigenvalue weighted by molar-refractivity contribution is 0.320. The minimum atomic E-state index is 0.515. The minimum Gasteiger partial charge on any atom is -0.355 e. The van der Waals surface area contributed by atoms with Crippen molar-refractivity contribution in [1.29, 1.82) is 0 Å². The summed E-state index contributed by atoms with van der Waals surface area (Å²) in [5.74, 6) is 1.71. The molecule has 2 rings (SSSR count). The fourth-order valence-corrected chi connectivity index (χ4v) is 3.11. The van der Waals surface area contributed by atoms with Crippen LogP contribution in [0.25, 0.3) is 0 Å². The molecular weight excluding hydrogens is 246 g/mol. The summed E-state index contributed by atoms with van der Waals surface area (Å²) in [5.41, 5.74) is 2.19. The second kappa shape index (κ2) is 5.43. The summed E-state index contributed by atoms with van der Waals surface area (Å²) in [6.07, 6.45) is 5.24. The van der Waals surface area contributed by atoms with Gasteiger partial charge in [-0.1, -0.05) is 31.4 Å². The fourth-order valence-electron chi connectivity index (χ4n) is 2.93. The Morgan fingerprint density at radius 1 is 1.11 bits per heavy atom. The lowest BCUT2D eigenvalue weighted by atomic mass is 9.85. The Labute approximate surface area is 115 Å². The van der Waals surface area contributed by atoms with E-state index < -0.39 is 0 Å². The first-order valence-electron chi connectivity index (χ1n) is 6.74. The van der Waals surface area contributed by atoms with Crippen LogP contribution in [-0.4, -0.2) is 23.3 Å². The minimum absolute atomic E-state index is 0.515. The molecule has 2 atom stereocenters. The molecule has 0 aliphatic heterocycles. The first kappa shape index (κ1) is 13.6. The van der Waals surface area contributed by atoms with Crippen molar-refractivity contribution in [3.05, 3.63) is 16.3 Å². The van der Waals surface area contributed by atoms with Crippen molar-refractivity contribution >= 4 is 17.4 Å². The summed E-state index contributed by atoms with van der Waals surface area (Å²) in [4.78, 5) is 2.30. The molecule has 100 valence electrons. The number of hydrogen-bond donors (Lipinski definition) is 0. The average molecular weight is 268 g/mol. The van der Waals surface area contributed by atoms with Crippen LogP contribution in [0.2, 0.25) is 5.15 Å². The van der Waals surface area contributed by atoms with Crippen LogP contribution in [0.3, 0.4) is 0 Å². The van der Waals surface area contributed by atoms with Gasteiger partial charge in [-0.2, -0.15) is 0 Å². The third kappa shape index (κ3) is 2.46. The molecule has 2 unspecified atom stereocenters. The van der Waals surface area contributed by atoms with Crippen molar-refractivity contribution in [2.45, 2.75) is 52.5 Å². The lowest BCUT2D eigenvalue weighted by Gasteiger charge is -2.37. The predicted octanol–water partition coefficient (Wildman–Crippen LogP) is 3.76. The van der Waals surface area contributed by atoms with E-state index in [2.05, 4.69) is 36.0 Å². The Bertz CT molecular complexity index is 433. The molecule has 3 nitrogen and oxygen atoms in total. The van der Waals surface area contributed by atoms with E-state index in [4.69, 9.17) is 11.6 Å². The molecule has 0 bridgehead atoms. The number of hydrogen-bond acceptors (Lipinski definition) is 3. The quantitative estimate of drug-likeness (QED) is 0.817. The SMILES string of the molecule is Cc1c(Cl)nnc(N(C)C2CCCCC2C)c1C. The van der Waals surface area contributed by atoms with Crippen molar-refractivity contribution in [3.63, 3.8) is 0 Å². The molecular formula is C14H22ClN3. The molecule has 0 radical (unpaired) electrons. The van der Waals surface area contributed by atoms with Crippen LogP contribution >= 0.6 is 11.6 Å². The standard InChI is InChI=1S/C14H22ClN3/c1-9-7-5-6-8-12(9)18(4)14-11(3)10(2)13(15)16-17-14/h9,12H,5-8H2,1-4H3. The number of halogens is 1. The van der Waals surface area contributed by atoms with Gasteiger partial charge in [0.2, 0.25) is 0 Å². The molecule has 1 aliphatic carbocycles. The molecule has 0 amide bonds. The average Bonchev–Trinajstić information content (AvgIpc) is 2.36. The highest BCUT2D eigenvalue weighted by Gasteiger charge is 2.27. The molecule has 1 aliphatic rings. The largest absolute Gasteiger partial charge is 0.355 e. The predicted molar refractivity (Wildman–Crippen MR) is 76.3 cm³/mol. The van der Waals surface area contributed by atoms with E-state index in [1.54, 1.807) is 0 Å². The van der Waals surface area contributed by atoms with Gasteiger partial charge in [-0.3, -0.25) is 0 Å². The number of nitrogens with zero attached hydrogens (tertiary/aromatic N) is 3. The van der Waals surface area contributed by atoms with Crippen molar-refractivity contribution in [1.82, 2.24) is 10.2 Å². The van der Waals surface area contributed by atoms with E-state index >= 15 is 0 Å². The monoisotopic (exact) mass is 267 g/mol. The van der Waals surface area contributed by atoms with Crippen molar-refractivity contribution in [2.75, 3.05) is 11.9 Å². The molecule has 1 aromatic heterocycles. The van der Waals surface area contributed by atoms with Gasteiger partial charge in [0, 0.05) is 13.1 Å². The van der Waals surface area contributed by atoms with E-state index in [1.807, 2.05) is 6.92 Å². The van der Waals surface area contributed by atoms with Gasteiger partial charge in [-0.15, -0.1) is 10.2 Å². The first-order valence-corrected chi connectivity index (χ1v) is 7.12. The molecule has 0 saturated heterocycles. The highest BCUT2D eigenvalue weighted by molar-refractivity contribution is 6.30. The van der Waals surface area contributed by atoms with E-state index in [0.717, 1.165) is 22.9 Å². The van der Waals surface area contributed by atoms with Crippen LogP contribution in [-0.2, 0) is 0 Å². The van der Waals surface area contributed by atoms with E-state index in [-0.39, 0.29) is 0 Å². The Kier molecular flexibility index (Phi) is 4.10. The summed E-state index contributed by atoms with van der Waals surface area (Å²) >= 11 is 6.01. The third-order valence-electron chi connectivity index (χ3n) is 4.34. The summed E-state index contributed by atoms with van der Waals surface area (Å²) in [6, 6.07) is 0.576. The van der Waals surface area contributed by atoms with Crippen LogP contribution in [0.5, 0.6) is 0 Å². The zero-order valence-corrected chi connectivity index (χ0v) is 12.5. The van der Waals surface area contributed by atoms with E-state index in [1.165, 1.54) is 25.7 Å². The van der Waals surface area contributed by atoms with Crippen LogP contribution < -0.4 is 4.90 Å². The Hall–Kier alpha value is -0.830. The van der Waals surface area contributed by atoms with Crippen molar-refractivity contribution in [2.24, 2.45) is 5.92 Å². The van der Waals surface area contributed by atoms with Gasteiger partial charge in [0.05, 0.1) is 0 Å². The second-order valence-electron chi connectivity index (χ2n) is 5.50. The Balaban J connectivity index is 2.28. The van der Waals surface area contributed by atoms with Crippen LogP contribution in [0.4, 0.5) is 5.82 Å². The first-order chi connectivity index (χ1) is 8.52. The highest BCUT2D eigenvalue weighted by Crippen LogP contribution is 2.32.